The minimum atomic E-state index is -0.425. The summed E-state index contributed by atoms with van der Waals surface area (Å²) in [6.07, 6.45) is 11.6. The fourth-order valence-corrected chi connectivity index (χ4v) is 12.0. The molecule has 1 spiro atoms. The molecule has 2 saturated heterocycles. The average molecular weight is 538 g/mol. The van der Waals surface area contributed by atoms with E-state index in [1.807, 2.05) is 0 Å². The molecule has 0 bridgehead atoms. The number of hydrogen-bond acceptors (Lipinski definition) is 4. The molecule has 2 aliphatic heterocycles. The molecule has 0 N–H and O–H groups in total. The first-order chi connectivity index (χ1) is 16.1. The van der Waals surface area contributed by atoms with Gasteiger partial charge in [-0.1, -0.05) is 43.6 Å². The summed E-state index contributed by atoms with van der Waals surface area (Å²) in [4.78, 5) is 11.9. The summed E-state index contributed by atoms with van der Waals surface area (Å²) in [5, 5.41) is 0. The van der Waals surface area contributed by atoms with Crippen molar-refractivity contribution in [2.24, 2.45) is 52.3 Å². The third kappa shape index (κ3) is 3.30. The number of esters is 1. The lowest BCUT2D eigenvalue weighted by Gasteiger charge is -2.61. The molecule has 6 rings (SSSR count). The van der Waals surface area contributed by atoms with Crippen LogP contribution in [0, 0.1) is 52.3 Å². The molecule has 13 atom stereocenters. The van der Waals surface area contributed by atoms with Crippen LogP contribution in [0.25, 0.3) is 0 Å². The van der Waals surface area contributed by atoms with Crippen LogP contribution in [0.2, 0.25) is 0 Å². The Morgan fingerprint density at radius 2 is 1.74 bits per heavy atom. The largest absolute Gasteiger partial charge is 0.463 e. The molecule has 0 aromatic heterocycles. The second-order valence-electron chi connectivity index (χ2n) is 13.8. The van der Waals surface area contributed by atoms with Crippen LogP contribution in [0.1, 0.15) is 92.4 Å². The summed E-state index contributed by atoms with van der Waals surface area (Å²) < 4.78 is 19.2. The SMILES string of the molecule is CC(=O)O[C@H]1CC[C@@]2(C)[C@H](CC[C@@H]3[C@@H]2CC[C@]2(C)[C@@H]4[C@H](C[C@@H]32)O[C@@]2(OC[C@@H](C)C[C@H]2Br)[C@H]4C)C1. The van der Waals surface area contributed by atoms with Gasteiger partial charge in [0, 0.05) is 12.8 Å². The van der Waals surface area contributed by atoms with Gasteiger partial charge in [0.05, 0.1) is 17.5 Å². The third-order valence-electron chi connectivity index (χ3n) is 12.2. The minimum Gasteiger partial charge on any atom is -0.463 e. The molecule has 4 nitrogen and oxygen atoms in total. The van der Waals surface area contributed by atoms with Crippen LogP contribution in [0.15, 0.2) is 0 Å². The standard InChI is InChI=1S/C29H45BrO4/c1-16-12-25(30)29(32-15-16)17(2)26-24(34-29)14-23-21-7-6-19-13-20(33-18(3)31)8-10-27(19,4)22(21)9-11-28(23,26)5/h16-17,19-26H,6-15H2,1-5H3/t16-,17-,19+,20-,21+,22-,23-,24-,25+,26-,27-,28-,29-/m0/s1. The molecule has 192 valence electrons. The predicted molar refractivity (Wildman–Crippen MR) is 135 cm³/mol. The molecule has 5 heteroatoms. The number of hydrogen-bond donors (Lipinski definition) is 0. The molecule has 0 amide bonds. The van der Waals surface area contributed by atoms with E-state index in [9.17, 15) is 4.79 Å². The molecular weight excluding hydrogens is 492 g/mol. The van der Waals surface area contributed by atoms with Crippen LogP contribution in [0.4, 0.5) is 0 Å². The normalized spacial score (nSPS) is 58.5. The predicted octanol–water partition coefficient (Wildman–Crippen LogP) is 6.74. The van der Waals surface area contributed by atoms with Gasteiger partial charge in [0.25, 0.3) is 0 Å². The van der Waals surface area contributed by atoms with Gasteiger partial charge in [-0.3, -0.25) is 4.79 Å². The molecule has 0 aromatic rings. The van der Waals surface area contributed by atoms with Crippen molar-refractivity contribution < 1.29 is 19.0 Å². The molecule has 6 fully saturated rings. The Labute approximate surface area is 214 Å². The number of halogens is 1. The number of ether oxygens (including phenoxy) is 3. The lowest BCUT2D eigenvalue weighted by Crippen LogP contribution is -2.56. The number of rotatable bonds is 1. The highest BCUT2D eigenvalue weighted by Crippen LogP contribution is 2.71. The fraction of sp³-hybridized carbons (Fsp3) is 0.966. The summed E-state index contributed by atoms with van der Waals surface area (Å²) in [5.74, 6) is 4.24. The highest BCUT2D eigenvalue weighted by molar-refractivity contribution is 9.09. The van der Waals surface area contributed by atoms with Gasteiger partial charge in [-0.15, -0.1) is 0 Å². The summed E-state index contributed by atoms with van der Waals surface area (Å²) in [5.41, 5.74) is 0.780. The van der Waals surface area contributed by atoms with E-state index < -0.39 is 5.79 Å². The first-order valence-corrected chi connectivity index (χ1v) is 15.1. The van der Waals surface area contributed by atoms with Gasteiger partial charge in [0.2, 0.25) is 0 Å². The molecule has 4 saturated carbocycles. The van der Waals surface area contributed by atoms with Gasteiger partial charge in [-0.25, -0.2) is 0 Å². The number of carbonyl (C=O) groups is 1. The monoisotopic (exact) mass is 536 g/mol. The molecule has 0 unspecified atom stereocenters. The first-order valence-electron chi connectivity index (χ1n) is 14.2. The van der Waals surface area contributed by atoms with Gasteiger partial charge in [0.1, 0.15) is 6.10 Å². The summed E-state index contributed by atoms with van der Waals surface area (Å²) in [6, 6.07) is 0. The molecule has 34 heavy (non-hydrogen) atoms. The maximum Gasteiger partial charge on any atom is 0.302 e. The lowest BCUT2D eigenvalue weighted by molar-refractivity contribution is -0.267. The van der Waals surface area contributed by atoms with E-state index in [-0.39, 0.29) is 12.1 Å². The molecular formula is C29H45BrO4. The van der Waals surface area contributed by atoms with Crippen LogP contribution in [-0.4, -0.2) is 35.4 Å². The zero-order valence-electron chi connectivity index (χ0n) is 21.9. The molecule has 4 aliphatic carbocycles. The zero-order chi connectivity index (χ0) is 24.0. The van der Waals surface area contributed by atoms with Crippen LogP contribution < -0.4 is 0 Å². The van der Waals surface area contributed by atoms with Crippen molar-refractivity contribution in [2.45, 2.75) is 115 Å². The number of alkyl halides is 1. The summed E-state index contributed by atoms with van der Waals surface area (Å²) in [7, 11) is 0. The quantitative estimate of drug-likeness (QED) is 0.275. The Bertz CT molecular complexity index is 833. The Balaban J connectivity index is 1.22. The van der Waals surface area contributed by atoms with Crippen molar-refractivity contribution in [3.05, 3.63) is 0 Å². The second kappa shape index (κ2) is 8.18. The second-order valence-corrected chi connectivity index (χ2v) is 14.9. The van der Waals surface area contributed by atoms with Crippen molar-refractivity contribution in [1.82, 2.24) is 0 Å². The molecule has 0 aromatic carbocycles. The topological polar surface area (TPSA) is 44.8 Å². The molecule has 6 aliphatic rings. The van der Waals surface area contributed by atoms with Crippen molar-refractivity contribution in [1.29, 1.82) is 0 Å². The van der Waals surface area contributed by atoms with E-state index in [0.29, 0.717) is 45.4 Å². The minimum absolute atomic E-state index is 0.109. The highest BCUT2D eigenvalue weighted by Gasteiger charge is 2.70. The van der Waals surface area contributed by atoms with Crippen LogP contribution >= 0.6 is 15.9 Å². The van der Waals surface area contributed by atoms with E-state index >= 15 is 0 Å². The van der Waals surface area contributed by atoms with Crippen molar-refractivity contribution >= 4 is 21.9 Å². The van der Waals surface area contributed by atoms with Gasteiger partial charge in [-0.05, 0) is 104 Å². The first kappa shape index (κ1) is 24.2. The molecule has 2 heterocycles. The maximum atomic E-state index is 11.6. The van der Waals surface area contributed by atoms with Gasteiger partial charge in [-0.2, -0.15) is 0 Å². The van der Waals surface area contributed by atoms with Crippen molar-refractivity contribution in [2.75, 3.05) is 6.61 Å². The highest BCUT2D eigenvalue weighted by atomic mass is 79.9. The van der Waals surface area contributed by atoms with Gasteiger partial charge < -0.3 is 14.2 Å². The Hall–Kier alpha value is -0.130. The number of carbonyl (C=O) groups excluding carboxylic acids is 1. The Morgan fingerprint density at radius 1 is 0.971 bits per heavy atom. The average Bonchev–Trinajstić information content (AvgIpc) is 3.22. The smallest absolute Gasteiger partial charge is 0.302 e. The van der Waals surface area contributed by atoms with E-state index in [1.54, 1.807) is 6.92 Å². The van der Waals surface area contributed by atoms with E-state index in [0.717, 1.165) is 43.6 Å². The third-order valence-corrected chi connectivity index (χ3v) is 13.2. The Morgan fingerprint density at radius 3 is 2.47 bits per heavy atom. The summed E-state index contributed by atoms with van der Waals surface area (Å²) >= 11 is 4.01. The van der Waals surface area contributed by atoms with E-state index in [1.165, 1.54) is 38.5 Å². The summed E-state index contributed by atoms with van der Waals surface area (Å²) in [6.45, 7) is 12.3. The number of fused-ring (bicyclic) bond motifs is 7. The van der Waals surface area contributed by atoms with Crippen molar-refractivity contribution in [3.63, 3.8) is 0 Å². The van der Waals surface area contributed by atoms with Crippen LogP contribution in [-0.2, 0) is 19.0 Å². The fourth-order valence-electron chi connectivity index (χ4n) is 10.7. The van der Waals surface area contributed by atoms with E-state index in [2.05, 4.69) is 43.6 Å². The lowest BCUT2D eigenvalue weighted by atomic mass is 9.44. The Kier molecular flexibility index (Phi) is 5.83. The molecule has 0 radical (unpaired) electrons. The van der Waals surface area contributed by atoms with Gasteiger partial charge in [0.15, 0.2) is 5.79 Å². The van der Waals surface area contributed by atoms with E-state index in [4.69, 9.17) is 14.2 Å². The van der Waals surface area contributed by atoms with Crippen LogP contribution in [0.3, 0.4) is 0 Å². The maximum absolute atomic E-state index is 11.6. The zero-order valence-corrected chi connectivity index (χ0v) is 23.4. The van der Waals surface area contributed by atoms with Gasteiger partial charge >= 0.3 is 5.97 Å². The van der Waals surface area contributed by atoms with Crippen LogP contribution in [0.5, 0.6) is 0 Å². The van der Waals surface area contributed by atoms with Crippen molar-refractivity contribution in [3.8, 4) is 0 Å².